The van der Waals surface area contributed by atoms with Crippen LogP contribution in [-0.2, 0) is 11.3 Å². The second-order valence-electron chi connectivity index (χ2n) is 4.40. The first-order valence-electron chi connectivity index (χ1n) is 6.32. The predicted octanol–water partition coefficient (Wildman–Crippen LogP) is 2.84. The van der Waals surface area contributed by atoms with Gasteiger partial charge in [0, 0.05) is 23.7 Å². The molecular formula is C14H15FN2O2S. The van der Waals surface area contributed by atoms with Crippen molar-refractivity contribution in [2.24, 2.45) is 0 Å². The molecule has 20 heavy (non-hydrogen) atoms. The second kappa shape index (κ2) is 6.47. The van der Waals surface area contributed by atoms with Gasteiger partial charge in [-0.15, -0.1) is 0 Å². The van der Waals surface area contributed by atoms with Crippen LogP contribution < -0.4 is 10.2 Å². The Morgan fingerprint density at radius 2 is 2.25 bits per heavy atom. The zero-order valence-corrected chi connectivity index (χ0v) is 11.9. The number of amides is 1. The molecule has 0 spiro atoms. The van der Waals surface area contributed by atoms with Gasteiger partial charge in [-0.05, 0) is 30.2 Å². The first-order valence-corrected chi connectivity index (χ1v) is 7.20. The number of carbonyl (C=O) groups excluding carboxylic acids is 1. The van der Waals surface area contributed by atoms with E-state index in [4.69, 9.17) is 0 Å². The van der Waals surface area contributed by atoms with Crippen molar-refractivity contribution in [2.45, 2.75) is 26.3 Å². The molecule has 1 heterocycles. The van der Waals surface area contributed by atoms with Crippen molar-refractivity contribution < 1.29 is 9.18 Å². The summed E-state index contributed by atoms with van der Waals surface area (Å²) in [5.41, 5.74) is 1.12. The number of hydrogen-bond acceptors (Lipinski definition) is 3. The molecule has 0 radical (unpaired) electrons. The fourth-order valence-corrected chi connectivity index (χ4v) is 2.43. The Hall–Kier alpha value is -1.95. The third kappa shape index (κ3) is 3.54. The summed E-state index contributed by atoms with van der Waals surface area (Å²) in [5, 5.41) is 4.43. The summed E-state index contributed by atoms with van der Waals surface area (Å²) < 4.78 is 14.8. The minimum atomic E-state index is -0.392. The van der Waals surface area contributed by atoms with E-state index in [-0.39, 0.29) is 17.3 Å². The maximum absolute atomic E-state index is 13.4. The van der Waals surface area contributed by atoms with Gasteiger partial charge in [0.05, 0.1) is 6.54 Å². The number of halogens is 1. The summed E-state index contributed by atoms with van der Waals surface area (Å²) in [6, 6.07) is 4.16. The van der Waals surface area contributed by atoms with Crippen LogP contribution in [0.3, 0.4) is 0 Å². The fraction of sp³-hybridized carbons (Fsp3) is 0.286. The summed E-state index contributed by atoms with van der Waals surface area (Å²) in [6.45, 7) is 2.15. The number of carbonyl (C=O) groups is 1. The predicted molar refractivity (Wildman–Crippen MR) is 77.6 cm³/mol. The van der Waals surface area contributed by atoms with E-state index in [2.05, 4.69) is 5.32 Å². The Morgan fingerprint density at radius 1 is 1.45 bits per heavy atom. The number of thiazole rings is 1. The summed E-state index contributed by atoms with van der Waals surface area (Å²) in [4.78, 5) is 23.1. The molecule has 106 valence electrons. The molecule has 0 bridgehead atoms. The van der Waals surface area contributed by atoms with Gasteiger partial charge in [-0.1, -0.05) is 18.3 Å². The number of nitrogens with one attached hydrogen (secondary N) is 1. The standard InChI is InChI=1S/C14H15FN2O2S/c1-2-3-13(18)16-12-5-4-11(15)8-10(12)9-17-6-7-20-14(17)19/h4-8H,2-3,9H2,1H3,(H,16,18). The normalized spacial score (nSPS) is 10.5. The molecule has 0 fully saturated rings. The molecule has 1 N–H and O–H groups in total. The van der Waals surface area contributed by atoms with Crippen LogP contribution in [-0.4, -0.2) is 10.5 Å². The average Bonchev–Trinajstić information content (AvgIpc) is 2.79. The van der Waals surface area contributed by atoms with E-state index in [9.17, 15) is 14.0 Å². The second-order valence-corrected chi connectivity index (χ2v) is 5.25. The van der Waals surface area contributed by atoms with Gasteiger partial charge in [-0.25, -0.2) is 4.39 Å². The molecule has 1 aromatic carbocycles. The highest BCUT2D eigenvalue weighted by Crippen LogP contribution is 2.18. The summed E-state index contributed by atoms with van der Waals surface area (Å²) in [5.74, 6) is -0.505. The van der Waals surface area contributed by atoms with Crippen LogP contribution in [0.25, 0.3) is 0 Å². The molecule has 6 heteroatoms. The van der Waals surface area contributed by atoms with Crippen LogP contribution >= 0.6 is 11.3 Å². The largest absolute Gasteiger partial charge is 0.326 e. The molecule has 0 saturated heterocycles. The van der Waals surface area contributed by atoms with Crippen LogP contribution in [0.2, 0.25) is 0 Å². The zero-order valence-electron chi connectivity index (χ0n) is 11.1. The molecule has 0 aliphatic rings. The molecule has 1 aromatic heterocycles. The Labute approximate surface area is 119 Å². The highest BCUT2D eigenvalue weighted by molar-refractivity contribution is 7.07. The fourth-order valence-electron chi connectivity index (χ4n) is 1.85. The highest BCUT2D eigenvalue weighted by atomic mass is 32.1. The number of hydrogen-bond donors (Lipinski definition) is 1. The van der Waals surface area contributed by atoms with Gasteiger partial charge in [-0.3, -0.25) is 9.59 Å². The van der Waals surface area contributed by atoms with Gasteiger partial charge in [0.25, 0.3) is 0 Å². The molecule has 0 unspecified atom stereocenters. The number of anilines is 1. The van der Waals surface area contributed by atoms with Gasteiger partial charge < -0.3 is 9.88 Å². The number of aromatic nitrogens is 1. The van der Waals surface area contributed by atoms with Crippen LogP contribution in [0, 0.1) is 5.82 Å². The van der Waals surface area contributed by atoms with Gasteiger partial charge in [-0.2, -0.15) is 0 Å². The number of nitrogens with zero attached hydrogens (tertiary/aromatic N) is 1. The van der Waals surface area contributed by atoms with E-state index < -0.39 is 5.82 Å². The Bertz CT molecular complexity index is 663. The Balaban J connectivity index is 2.26. The van der Waals surface area contributed by atoms with E-state index in [1.807, 2.05) is 6.92 Å². The summed E-state index contributed by atoms with van der Waals surface area (Å²) in [6.07, 6.45) is 2.80. The Morgan fingerprint density at radius 3 is 2.90 bits per heavy atom. The third-order valence-electron chi connectivity index (χ3n) is 2.80. The molecule has 1 amide bonds. The lowest BCUT2D eigenvalue weighted by Crippen LogP contribution is -2.16. The van der Waals surface area contributed by atoms with E-state index in [0.29, 0.717) is 17.7 Å². The molecule has 2 aromatic rings. The van der Waals surface area contributed by atoms with Crippen molar-refractivity contribution in [1.29, 1.82) is 0 Å². The molecule has 0 aliphatic heterocycles. The summed E-state index contributed by atoms with van der Waals surface area (Å²) >= 11 is 1.08. The van der Waals surface area contributed by atoms with Gasteiger partial charge in [0.15, 0.2) is 0 Å². The smallest absolute Gasteiger partial charge is 0.307 e. The lowest BCUT2D eigenvalue weighted by molar-refractivity contribution is -0.116. The molecular weight excluding hydrogens is 279 g/mol. The van der Waals surface area contributed by atoms with Crippen molar-refractivity contribution in [3.8, 4) is 0 Å². The first kappa shape index (κ1) is 14.5. The van der Waals surface area contributed by atoms with Crippen LogP contribution in [0.5, 0.6) is 0 Å². The van der Waals surface area contributed by atoms with Crippen molar-refractivity contribution in [3.05, 3.63) is 50.8 Å². The van der Waals surface area contributed by atoms with E-state index in [1.54, 1.807) is 11.6 Å². The minimum Gasteiger partial charge on any atom is -0.326 e. The highest BCUT2D eigenvalue weighted by Gasteiger charge is 2.09. The maximum Gasteiger partial charge on any atom is 0.307 e. The SMILES string of the molecule is CCCC(=O)Nc1ccc(F)cc1Cn1ccsc1=O. The Kier molecular flexibility index (Phi) is 4.68. The van der Waals surface area contributed by atoms with Crippen molar-refractivity contribution in [3.63, 3.8) is 0 Å². The maximum atomic E-state index is 13.4. The van der Waals surface area contributed by atoms with Crippen LogP contribution in [0.15, 0.2) is 34.6 Å². The van der Waals surface area contributed by atoms with Gasteiger partial charge >= 0.3 is 4.87 Å². The molecule has 2 rings (SSSR count). The summed E-state index contributed by atoms with van der Waals surface area (Å²) in [7, 11) is 0. The van der Waals surface area contributed by atoms with Crippen molar-refractivity contribution in [2.75, 3.05) is 5.32 Å². The third-order valence-corrected chi connectivity index (χ3v) is 3.50. The van der Waals surface area contributed by atoms with E-state index >= 15 is 0 Å². The van der Waals surface area contributed by atoms with Crippen LogP contribution in [0.1, 0.15) is 25.3 Å². The minimum absolute atomic E-state index is 0.111. The average molecular weight is 294 g/mol. The quantitative estimate of drug-likeness (QED) is 0.922. The first-order chi connectivity index (χ1) is 9.60. The van der Waals surface area contributed by atoms with Gasteiger partial charge in [0.2, 0.25) is 5.91 Å². The van der Waals surface area contributed by atoms with Crippen molar-refractivity contribution in [1.82, 2.24) is 4.57 Å². The lowest BCUT2D eigenvalue weighted by atomic mass is 10.1. The van der Waals surface area contributed by atoms with E-state index in [1.165, 1.54) is 22.8 Å². The number of rotatable bonds is 5. The topological polar surface area (TPSA) is 51.1 Å². The van der Waals surface area contributed by atoms with Gasteiger partial charge in [0.1, 0.15) is 5.82 Å². The lowest BCUT2D eigenvalue weighted by Gasteiger charge is -2.11. The molecule has 0 aliphatic carbocycles. The van der Waals surface area contributed by atoms with E-state index in [0.717, 1.165) is 17.8 Å². The number of benzene rings is 1. The monoisotopic (exact) mass is 294 g/mol. The van der Waals surface area contributed by atoms with Crippen molar-refractivity contribution >= 4 is 22.9 Å². The zero-order chi connectivity index (χ0) is 14.5. The molecule has 0 atom stereocenters. The molecule has 0 saturated carbocycles. The molecule has 4 nitrogen and oxygen atoms in total. The van der Waals surface area contributed by atoms with Crippen LogP contribution in [0.4, 0.5) is 10.1 Å².